The van der Waals surface area contributed by atoms with Crippen LogP contribution in [0.1, 0.15) is 49.9 Å². The van der Waals surface area contributed by atoms with E-state index in [4.69, 9.17) is 11.6 Å². The third-order valence-corrected chi connectivity index (χ3v) is 4.49. The maximum Gasteiger partial charge on any atom is 0.159 e. The van der Waals surface area contributed by atoms with Crippen molar-refractivity contribution in [2.24, 2.45) is 5.92 Å². The van der Waals surface area contributed by atoms with Gasteiger partial charge in [0.1, 0.15) is 0 Å². The lowest BCUT2D eigenvalue weighted by Gasteiger charge is -2.36. The summed E-state index contributed by atoms with van der Waals surface area (Å²) in [6.45, 7) is 3.89. The number of anilines is 1. The lowest BCUT2D eigenvalue weighted by Crippen LogP contribution is -2.35. The average Bonchev–Trinajstić information content (AvgIpc) is 2.37. The molecule has 0 N–H and O–H groups in total. The van der Waals surface area contributed by atoms with Crippen molar-refractivity contribution in [3.05, 3.63) is 28.8 Å². The van der Waals surface area contributed by atoms with Crippen molar-refractivity contribution in [2.45, 2.75) is 45.6 Å². The topological polar surface area (TPSA) is 20.3 Å². The second kappa shape index (κ2) is 5.96. The van der Waals surface area contributed by atoms with Gasteiger partial charge in [0, 0.05) is 18.7 Å². The predicted octanol–water partition coefficient (Wildman–Crippen LogP) is 4.56. The molecule has 1 aromatic carbocycles. The minimum Gasteiger partial charge on any atom is -0.370 e. The summed E-state index contributed by atoms with van der Waals surface area (Å²) in [6.07, 6.45) is 5.08. The van der Waals surface area contributed by atoms with Crippen LogP contribution in [0.4, 0.5) is 5.69 Å². The quantitative estimate of drug-likeness (QED) is 0.756. The van der Waals surface area contributed by atoms with Crippen LogP contribution in [-0.2, 0) is 0 Å². The van der Waals surface area contributed by atoms with E-state index < -0.39 is 0 Å². The van der Waals surface area contributed by atoms with E-state index in [0.29, 0.717) is 16.6 Å². The second-order valence-corrected chi connectivity index (χ2v) is 6.17. The van der Waals surface area contributed by atoms with E-state index in [2.05, 4.69) is 18.9 Å². The Balaban J connectivity index is 2.19. The molecule has 1 aliphatic rings. The van der Waals surface area contributed by atoms with Gasteiger partial charge < -0.3 is 4.90 Å². The van der Waals surface area contributed by atoms with Gasteiger partial charge in [-0.05, 0) is 43.9 Å². The number of nitrogens with zero attached hydrogens (tertiary/aromatic N) is 1. The highest BCUT2D eigenvalue weighted by Crippen LogP contribution is 2.33. The highest BCUT2D eigenvalue weighted by atomic mass is 35.5. The molecule has 1 fully saturated rings. The fourth-order valence-corrected chi connectivity index (χ4v) is 3.28. The van der Waals surface area contributed by atoms with Crippen LogP contribution < -0.4 is 4.90 Å². The minimum atomic E-state index is 0.0578. The molecule has 0 saturated heterocycles. The first kappa shape index (κ1) is 14.4. The fourth-order valence-electron chi connectivity index (χ4n) is 2.96. The summed E-state index contributed by atoms with van der Waals surface area (Å²) in [5, 5.41) is 0.674. The Morgan fingerprint density at radius 1 is 1.37 bits per heavy atom. The third kappa shape index (κ3) is 3.30. The van der Waals surface area contributed by atoms with Crippen LogP contribution in [0, 0.1) is 5.92 Å². The van der Waals surface area contributed by atoms with Crippen molar-refractivity contribution in [1.29, 1.82) is 0 Å². The summed E-state index contributed by atoms with van der Waals surface area (Å²) in [7, 11) is 2.11. The fraction of sp³-hybridized carbons (Fsp3) is 0.562. The molecule has 104 valence electrons. The summed E-state index contributed by atoms with van der Waals surface area (Å²) < 4.78 is 0. The van der Waals surface area contributed by atoms with Crippen LogP contribution in [0.3, 0.4) is 0 Å². The molecule has 2 unspecified atom stereocenters. The molecule has 0 aliphatic heterocycles. The number of carbonyl (C=O) groups is 1. The van der Waals surface area contributed by atoms with Gasteiger partial charge in [0.25, 0.3) is 0 Å². The largest absolute Gasteiger partial charge is 0.370 e. The highest BCUT2D eigenvalue weighted by Gasteiger charge is 2.23. The van der Waals surface area contributed by atoms with E-state index in [1.54, 1.807) is 13.0 Å². The van der Waals surface area contributed by atoms with E-state index in [0.717, 1.165) is 11.6 Å². The van der Waals surface area contributed by atoms with Crippen LogP contribution >= 0.6 is 11.6 Å². The van der Waals surface area contributed by atoms with Gasteiger partial charge in [0.2, 0.25) is 0 Å². The number of carbonyl (C=O) groups excluding carboxylic acids is 1. The number of Topliss-reactive ketones (excluding diaryl/α,β-unsaturated/α-hetero) is 1. The molecule has 0 amide bonds. The molecule has 0 spiro atoms. The van der Waals surface area contributed by atoms with Crippen molar-refractivity contribution in [1.82, 2.24) is 0 Å². The molecule has 1 aromatic rings. The van der Waals surface area contributed by atoms with Crippen molar-refractivity contribution in [3.8, 4) is 0 Å². The summed E-state index contributed by atoms with van der Waals surface area (Å²) in [5.41, 5.74) is 1.71. The molecular formula is C16H22ClNO. The Hall–Kier alpha value is -1.02. The smallest absolute Gasteiger partial charge is 0.159 e. The van der Waals surface area contributed by atoms with Gasteiger partial charge in [-0.2, -0.15) is 0 Å². The second-order valence-electron chi connectivity index (χ2n) is 5.76. The normalized spacial score (nSPS) is 23.2. The molecule has 0 heterocycles. The maximum absolute atomic E-state index is 11.4. The number of rotatable bonds is 3. The van der Waals surface area contributed by atoms with Gasteiger partial charge in [0.05, 0.1) is 10.7 Å². The van der Waals surface area contributed by atoms with E-state index in [9.17, 15) is 4.79 Å². The van der Waals surface area contributed by atoms with Crippen LogP contribution in [0.2, 0.25) is 5.02 Å². The highest BCUT2D eigenvalue weighted by molar-refractivity contribution is 6.33. The Morgan fingerprint density at radius 3 is 2.68 bits per heavy atom. The van der Waals surface area contributed by atoms with Gasteiger partial charge in [0.15, 0.2) is 5.78 Å². The molecule has 0 aromatic heterocycles. The molecular weight excluding hydrogens is 258 g/mol. The van der Waals surface area contributed by atoms with Crippen molar-refractivity contribution in [3.63, 3.8) is 0 Å². The van der Waals surface area contributed by atoms with Gasteiger partial charge in [-0.25, -0.2) is 0 Å². The first-order valence-corrected chi connectivity index (χ1v) is 7.40. The summed E-state index contributed by atoms with van der Waals surface area (Å²) in [5.74, 6) is 0.846. The molecule has 2 nitrogen and oxygen atoms in total. The standard InChI is InChI=1S/C16H22ClNO/c1-11-5-4-6-14(9-11)18(3)16-8-7-13(12(2)19)10-15(16)17/h7-8,10-11,14H,4-6,9H2,1-3H3. The lowest BCUT2D eigenvalue weighted by molar-refractivity contribution is 0.101. The number of hydrogen-bond donors (Lipinski definition) is 0. The third-order valence-electron chi connectivity index (χ3n) is 4.19. The summed E-state index contributed by atoms with van der Waals surface area (Å²) in [6, 6.07) is 6.18. The Bertz CT molecular complexity index is 472. The van der Waals surface area contributed by atoms with E-state index in [1.165, 1.54) is 25.7 Å². The molecule has 2 rings (SSSR count). The maximum atomic E-state index is 11.4. The number of halogens is 1. The lowest BCUT2D eigenvalue weighted by atomic mass is 9.86. The van der Waals surface area contributed by atoms with E-state index >= 15 is 0 Å². The SMILES string of the molecule is CC(=O)c1ccc(N(C)C2CCCC(C)C2)c(Cl)c1. The minimum absolute atomic E-state index is 0.0578. The van der Waals surface area contributed by atoms with E-state index in [1.807, 2.05) is 12.1 Å². The number of ketones is 1. The first-order chi connectivity index (χ1) is 8.99. The zero-order valence-electron chi connectivity index (χ0n) is 11.9. The van der Waals surface area contributed by atoms with Crippen LogP contribution in [0.15, 0.2) is 18.2 Å². The van der Waals surface area contributed by atoms with Crippen LogP contribution in [0.5, 0.6) is 0 Å². The zero-order valence-corrected chi connectivity index (χ0v) is 12.7. The number of hydrogen-bond acceptors (Lipinski definition) is 2. The van der Waals surface area contributed by atoms with Gasteiger partial charge in [-0.15, -0.1) is 0 Å². The molecule has 2 atom stereocenters. The molecule has 3 heteroatoms. The van der Waals surface area contributed by atoms with E-state index in [-0.39, 0.29) is 5.78 Å². The van der Waals surface area contributed by atoms with Gasteiger partial charge in [-0.3, -0.25) is 4.79 Å². The molecule has 1 saturated carbocycles. The van der Waals surface area contributed by atoms with Gasteiger partial charge >= 0.3 is 0 Å². The molecule has 0 radical (unpaired) electrons. The summed E-state index contributed by atoms with van der Waals surface area (Å²) in [4.78, 5) is 13.6. The van der Waals surface area contributed by atoms with Crippen molar-refractivity contribution >= 4 is 23.1 Å². The van der Waals surface area contributed by atoms with Crippen LogP contribution in [-0.4, -0.2) is 18.9 Å². The van der Waals surface area contributed by atoms with Crippen molar-refractivity contribution in [2.75, 3.05) is 11.9 Å². The Labute approximate surface area is 120 Å². The average molecular weight is 280 g/mol. The summed E-state index contributed by atoms with van der Waals surface area (Å²) >= 11 is 6.33. The van der Waals surface area contributed by atoms with Gasteiger partial charge in [-0.1, -0.05) is 31.4 Å². The predicted molar refractivity (Wildman–Crippen MR) is 81.3 cm³/mol. The molecule has 19 heavy (non-hydrogen) atoms. The monoisotopic (exact) mass is 279 g/mol. The van der Waals surface area contributed by atoms with Crippen LogP contribution in [0.25, 0.3) is 0 Å². The number of benzene rings is 1. The first-order valence-electron chi connectivity index (χ1n) is 7.02. The molecule has 0 bridgehead atoms. The zero-order chi connectivity index (χ0) is 14.0. The molecule has 1 aliphatic carbocycles. The Kier molecular flexibility index (Phi) is 4.51. The Morgan fingerprint density at radius 2 is 2.11 bits per heavy atom. The van der Waals surface area contributed by atoms with Crippen molar-refractivity contribution < 1.29 is 4.79 Å².